The monoisotopic (exact) mass is 480 g/mol. The summed E-state index contributed by atoms with van der Waals surface area (Å²) in [4.78, 5) is 12.5. The van der Waals surface area contributed by atoms with E-state index in [1.165, 1.54) is 5.56 Å². The molecule has 31 heavy (non-hydrogen) atoms. The molecule has 2 aromatic carbocycles. The third-order valence-electron chi connectivity index (χ3n) is 3.09. The van der Waals surface area contributed by atoms with Crippen molar-refractivity contribution in [3.8, 4) is 11.5 Å². The van der Waals surface area contributed by atoms with Crippen molar-refractivity contribution < 1.29 is 40.0 Å². The molecule has 0 fully saturated rings. The van der Waals surface area contributed by atoms with Crippen molar-refractivity contribution in [1.82, 2.24) is 0 Å². The Hall–Kier alpha value is -2.40. The molecule has 0 bridgehead atoms. The molecule has 0 saturated heterocycles. The molecule has 0 amide bonds. The second-order valence-electron chi connectivity index (χ2n) is 7.17. The number of alkyl halides is 3. The third kappa shape index (κ3) is 10.5. The SMILES string of the molecule is CC(C)(C)OC(=O)COc1ccc(OS(=O)(=O)C(F)(F)F)cc1.Cc1cccc(S)c1. The van der Waals surface area contributed by atoms with Gasteiger partial charge in [0.25, 0.3) is 0 Å². The number of hydrogen-bond donors (Lipinski definition) is 1. The summed E-state index contributed by atoms with van der Waals surface area (Å²) in [6, 6.07) is 12.3. The van der Waals surface area contributed by atoms with E-state index in [2.05, 4.69) is 29.8 Å². The van der Waals surface area contributed by atoms with Crippen LogP contribution < -0.4 is 8.92 Å². The van der Waals surface area contributed by atoms with Gasteiger partial charge in [-0.25, -0.2) is 4.79 Å². The zero-order valence-corrected chi connectivity index (χ0v) is 19.0. The van der Waals surface area contributed by atoms with Crippen molar-refractivity contribution in [2.75, 3.05) is 6.61 Å². The molecule has 172 valence electrons. The van der Waals surface area contributed by atoms with E-state index in [9.17, 15) is 26.4 Å². The van der Waals surface area contributed by atoms with Crippen LogP contribution in [0.2, 0.25) is 0 Å². The number of aryl methyl sites for hydroxylation is 1. The Bertz CT molecular complexity index is 948. The molecule has 0 spiro atoms. The summed E-state index contributed by atoms with van der Waals surface area (Å²) >= 11 is 4.15. The maximum absolute atomic E-state index is 12.2. The van der Waals surface area contributed by atoms with Crippen molar-refractivity contribution in [2.45, 2.75) is 43.7 Å². The van der Waals surface area contributed by atoms with Gasteiger partial charge in [0.2, 0.25) is 0 Å². The molecule has 2 aromatic rings. The highest BCUT2D eigenvalue weighted by Crippen LogP contribution is 2.27. The van der Waals surface area contributed by atoms with Gasteiger partial charge in [-0.05, 0) is 64.1 Å². The maximum atomic E-state index is 12.2. The lowest BCUT2D eigenvalue weighted by Crippen LogP contribution is -2.28. The largest absolute Gasteiger partial charge is 0.534 e. The molecule has 0 N–H and O–H groups in total. The predicted molar refractivity (Wildman–Crippen MR) is 112 cm³/mol. The second-order valence-corrected chi connectivity index (χ2v) is 9.22. The molecule has 0 saturated carbocycles. The minimum absolute atomic E-state index is 0.132. The number of carbonyl (C=O) groups is 1. The zero-order chi connectivity index (χ0) is 23.9. The normalized spacial score (nSPS) is 11.7. The Labute approximate surface area is 184 Å². The summed E-state index contributed by atoms with van der Waals surface area (Å²) in [5.74, 6) is -1.03. The topological polar surface area (TPSA) is 78.9 Å². The average molecular weight is 481 g/mol. The lowest BCUT2D eigenvalue weighted by atomic mass is 10.2. The molecule has 11 heteroatoms. The number of rotatable bonds is 5. The highest BCUT2D eigenvalue weighted by molar-refractivity contribution is 7.88. The predicted octanol–water partition coefficient (Wildman–Crippen LogP) is 4.92. The molecule has 0 atom stereocenters. The Balaban J connectivity index is 0.000000500. The van der Waals surface area contributed by atoms with Crippen LogP contribution in [0.3, 0.4) is 0 Å². The fraction of sp³-hybridized carbons (Fsp3) is 0.350. The summed E-state index contributed by atoms with van der Waals surface area (Å²) in [5, 5.41) is 0. The van der Waals surface area contributed by atoms with Crippen LogP contribution in [-0.2, 0) is 19.6 Å². The van der Waals surface area contributed by atoms with Crippen LogP contribution in [-0.4, -0.2) is 32.1 Å². The standard InChI is InChI=1S/C13H15F3O6S.C7H8S/c1-12(2,3)21-11(17)8-20-9-4-6-10(7-5-9)22-23(18,19)13(14,15)16;1-6-3-2-4-7(8)5-6/h4-7H,8H2,1-3H3;2-5,8H,1H3. The molecule has 0 unspecified atom stereocenters. The first kappa shape index (κ1) is 26.6. The summed E-state index contributed by atoms with van der Waals surface area (Å²) < 4.78 is 72.1. The smallest absolute Gasteiger partial charge is 0.482 e. The Kier molecular flexibility index (Phi) is 9.25. The number of carbonyl (C=O) groups excluding carboxylic acids is 1. The number of thiol groups is 1. The van der Waals surface area contributed by atoms with Crippen molar-refractivity contribution >= 4 is 28.7 Å². The molecule has 0 aliphatic heterocycles. The summed E-state index contributed by atoms with van der Waals surface area (Å²) in [5.41, 5.74) is -4.93. The van der Waals surface area contributed by atoms with E-state index in [0.29, 0.717) is 0 Å². The van der Waals surface area contributed by atoms with E-state index in [1.54, 1.807) is 20.8 Å². The third-order valence-corrected chi connectivity index (χ3v) is 4.35. The fourth-order valence-corrected chi connectivity index (χ4v) is 2.66. The van der Waals surface area contributed by atoms with Gasteiger partial charge in [0.1, 0.15) is 17.1 Å². The van der Waals surface area contributed by atoms with Gasteiger partial charge in [0.15, 0.2) is 6.61 Å². The van der Waals surface area contributed by atoms with Gasteiger partial charge < -0.3 is 13.7 Å². The highest BCUT2D eigenvalue weighted by atomic mass is 32.2. The fourth-order valence-electron chi connectivity index (χ4n) is 1.91. The van der Waals surface area contributed by atoms with Gasteiger partial charge >= 0.3 is 21.6 Å². The van der Waals surface area contributed by atoms with Crippen LogP contribution in [0.15, 0.2) is 53.4 Å². The van der Waals surface area contributed by atoms with E-state index in [4.69, 9.17) is 9.47 Å². The summed E-state index contributed by atoms with van der Waals surface area (Å²) in [6.07, 6.45) is 0. The number of benzene rings is 2. The molecule has 2 rings (SSSR count). The minimum atomic E-state index is -5.72. The number of halogens is 3. The molecular weight excluding hydrogens is 457 g/mol. The first-order valence-electron chi connectivity index (χ1n) is 8.80. The maximum Gasteiger partial charge on any atom is 0.534 e. The van der Waals surface area contributed by atoms with Gasteiger partial charge in [-0.1, -0.05) is 17.7 Å². The van der Waals surface area contributed by atoms with Gasteiger partial charge in [-0.2, -0.15) is 21.6 Å². The lowest BCUT2D eigenvalue weighted by Gasteiger charge is -2.19. The van der Waals surface area contributed by atoms with E-state index in [-0.39, 0.29) is 5.75 Å². The number of esters is 1. The van der Waals surface area contributed by atoms with E-state index >= 15 is 0 Å². The Morgan fingerprint density at radius 1 is 1.00 bits per heavy atom. The highest BCUT2D eigenvalue weighted by Gasteiger charge is 2.48. The lowest BCUT2D eigenvalue weighted by molar-refractivity contribution is -0.157. The molecule has 0 heterocycles. The van der Waals surface area contributed by atoms with Crippen molar-refractivity contribution in [3.05, 3.63) is 54.1 Å². The van der Waals surface area contributed by atoms with Gasteiger partial charge in [-0.3, -0.25) is 0 Å². The van der Waals surface area contributed by atoms with Crippen molar-refractivity contribution in [2.24, 2.45) is 0 Å². The molecule has 0 aliphatic carbocycles. The van der Waals surface area contributed by atoms with Crippen LogP contribution in [0.4, 0.5) is 13.2 Å². The quantitative estimate of drug-likeness (QED) is 0.283. The van der Waals surface area contributed by atoms with Crippen LogP contribution in [0.25, 0.3) is 0 Å². The van der Waals surface area contributed by atoms with Crippen molar-refractivity contribution in [1.29, 1.82) is 0 Å². The van der Waals surface area contributed by atoms with E-state index in [1.807, 2.05) is 18.2 Å². The van der Waals surface area contributed by atoms with Crippen LogP contribution in [0.1, 0.15) is 26.3 Å². The van der Waals surface area contributed by atoms with Gasteiger partial charge in [-0.15, -0.1) is 12.6 Å². The first-order chi connectivity index (χ1) is 14.1. The van der Waals surface area contributed by atoms with Crippen LogP contribution in [0, 0.1) is 6.92 Å². The molecule has 0 radical (unpaired) electrons. The van der Waals surface area contributed by atoms with Crippen molar-refractivity contribution in [3.63, 3.8) is 0 Å². The number of ether oxygens (including phenoxy) is 2. The minimum Gasteiger partial charge on any atom is -0.482 e. The number of hydrogen-bond acceptors (Lipinski definition) is 7. The molecular formula is C20H23F3O6S2. The Morgan fingerprint density at radius 3 is 1.97 bits per heavy atom. The van der Waals surface area contributed by atoms with Crippen LogP contribution >= 0.6 is 12.6 Å². The van der Waals surface area contributed by atoms with Gasteiger partial charge in [0.05, 0.1) is 0 Å². The van der Waals surface area contributed by atoms with Crippen LogP contribution in [0.5, 0.6) is 11.5 Å². The molecule has 0 aliphatic rings. The summed E-state index contributed by atoms with van der Waals surface area (Å²) in [7, 11) is -5.72. The zero-order valence-electron chi connectivity index (χ0n) is 17.3. The first-order valence-corrected chi connectivity index (χ1v) is 10.7. The van der Waals surface area contributed by atoms with E-state index in [0.717, 1.165) is 29.2 Å². The second kappa shape index (κ2) is 10.8. The van der Waals surface area contributed by atoms with Gasteiger partial charge in [0, 0.05) is 4.90 Å². The molecule has 0 aromatic heterocycles. The Morgan fingerprint density at radius 2 is 1.55 bits per heavy atom. The average Bonchev–Trinajstić information content (AvgIpc) is 2.59. The van der Waals surface area contributed by atoms with E-state index < -0.39 is 39.6 Å². The summed E-state index contributed by atoms with van der Waals surface area (Å²) in [6.45, 7) is 6.69. The molecule has 6 nitrogen and oxygen atoms in total.